The minimum Gasteiger partial charge on any atom is -0.491 e. The van der Waals surface area contributed by atoms with Crippen molar-refractivity contribution < 1.29 is 43.0 Å². The molecule has 2 saturated heterocycles. The molecule has 1 amide bonds. The molecule has 5 heterocycles. The molecule has 3 aromatic heterocycles. The number of aliphatic hydroxyl groups excluding tert-OH is 1. The van der Waals surface area contributed by atoms with Gasteiger partial charge in [-0.3, -0.25) is 19.2 Å². The molecule has 4 atom stereocenters. The van der Waals surface area contributed by atoms with Crippen molar-refractivity contribution in [2.45, 2.75) is 124 Å². The lowest BCUT2D eigenvalue weighted by atomic mass is 9.89. The van der Waals surface area contributed by atoms with Crippen LogP contribution in [0.1, 0.15) is 121 Å². The Hall–Kier alpha value is -6.46. The Morgan fingerprint density at radius 3 is 2.28 bits per heavy atom. The van der Waals surface area contributed by atoms with Crippen LogP contribution in [0.4, 0.5) is 5.69 Å². The molecule has 2 aliphatic heterocycles. The van der Waals surface area contributed by atoms with Gasteiger partial charge in [-0.1, -0.05) is 57.2 Å². The Balaban J connectivity index is 0.822. The number of ketones is 2. The van der Waals surface area contributed by atoms with Crippen molar-refractivity contribution in [1.82, 2.24) is 20.0 Å². The van der Waals surface area contributed by atoms with E-state index in [1.54, 1.807) is 17.4 Å². The minimum absolute atomic E-state index is 0.00273. The summed E-state index contributed by atoms with van der Waals surface area (Å²) in [4.78, 5) is 67.3. The Morgan fingerprint density at radius 1 is 0.895 bits per heavy atom. The molecule has 1 unspecified atom stereocenters. The van der Waals surface area contributed by atoms with Gasteiger partial charge in [0.1, 0.15) is 24.9 Å². The Morgan fingerprint density at radius 2 is 1.61 bits per heavy atom. The summed E-state index contributed by atoms with van der Waals surface area (Å²) in [5.41, 5.74) is 11.6. The van der Waals surface area contributed by atoms with Crippen molar-refractivity contribution in [3.8, 4) is 33.2 Å². The summed E-state index contributed by atoms with van der Waals surface area (Å²) in [7, 11) is 0. The number of β-amino-alcohol motifs (C(OH)–C–C–N with tert-alkyl or cyclic N) is 1. The average molecular weight is 1060 g/mol. The first-order chi connectivity index (χ1) is 36.6. The van der Waals surface area contributed by atoms with Gasteiger partial charge in [0.25, 0.3) is 11.4 Å². The van der Waals surface area contributed by atoms with E-state index >= 15 is 0 Å². The number of rotatable bonds is 24. The van der Waals surface area contributed by atoms with Crippen molar-refractivity contribution in [2.75, 3.05) is 57.6 Å². The summed E-state index contributed by atoms with van der Waals surface area (Å²) < 4.78 is 29.1. The normalized spacial score (nSPS) is 16.7. The number of aliphatic hydroxyl groups is 1. The molecule has 16 heteroatoms. The van der Waals surface area contributed by atoms with Crippen LogP contribution in [0.2, 0.25) is 0 Å². The number of carbonyl (C=O) groups excluding carboxylic acids is 3. The SMILES string of the molecule is CCN(c1cc(-c2ccc(OCCOCCOc3cc(C(C(=O)N4C[C@H](O)C[C@H]4C(=O)C[C@@H](C)c4ccc(-c5scnc5C)cc4)C(C)C)on3)cc2)cc(C(=O)CCc2c(C)cc(C)[nH]c2=O)c1C)C1CCOCC1. The average Bonchev–Trinajstić information content (AvgIpc) is 4.17. The number of aromatic amines is 1. The Kier molecular flexibility index (Phi) is 18.8. The number of pyridine rings is 1. The van der Waals surface area contributed by atoms with Crippen molar-refractivity contribution in [3.63, 3.8) is 0 Å². The van der Waals surface area contributed by atoms with E-state index in [0.717, 1.165) is 74.7 Å². The van der Waals surface area contributed by atoms with E-state index in [2.05, 4.69) is 45.1 Å². The van der Waals surface area contributed by atoms with E-state index in [0.29, 0.717) is 61.5 Å². The zero-order chi connectivity index (χ0) is 54.0. The highest BCUT2D eigenvalue weighted by molar-refractivity contribution is 7.13. The number of anilines is 1. The highest BCUT2D eigenvalue weighted by atomic mass is 32.1. The number of nitrogens with zero attached hydrogens (tertiary/aromatic N) is 4. The van der Waals surface area contributed by atoms with Gasteiger partial charge in [-0.05, 0) is 135 Å². The van der Waals surface area contributed by atoms with Crippen LogP contribution in [0.15, 0.2) is 87.6 Å². The first kappa shape index (κ1) is 55.8. The van der Waals surface area contributed by atoms with Crippen molar-refractivity contribution in [3.05, 3.63) is 134 Å². The van der Waals surface area contributed by atoms with Crippen molar-refractivity contribution in [1.29, 1.82) is 0 Å². The first-order valence-electron chi connectivity index (χ1n) is 26.7. The molecule has 2 aliphatic rings. The standard InChI is InChI=1S/C60H73N5O10S/c1-9-64(46-20-22-71-23-21-46)51-31-45(30-50(40(51)7)53(67)19-18-49-38(5)28-39(6)62-59(49)69)43-14-16-48(17-15-43)73-26-24-72-25-27-74-56-33-55(75-63-56)57(36(2)3)60(70)65-34-47(66)32-52(65)54(68)29-37(4)42-10-12-44(13-11-42)58-41(8)61-35-76-58/h10-17,28,30-31,33,35-37,46-47,52,57,66H,9,18-27,29,32,34H2,1-8H3,(H,62,69)/t37-,47-,52+,57?/m1/s1. The molecule has 3 aromatic carbocycles. The second-order valence-corrected chi connectivity index (χ2v) is 21.5. The van der Waals surface area contributed by atoms with E-state index in [-0.39, 0.29) is 79.8 Å². The molecule has 2 fully saturated rings. The van der Waals surface area contributed by atoms with Crippen LogP contribution in [-0.4, -0.2) is 114 Å². The zero-order valence-electron chi connectivity index (χ0n) is 45.2. The summed E-state index contributed by atoms with van der Waals surface area (Å²) in [5.74, 6) is -0.194. The maximum atomic E-state index is 14.2. The highest BCUT2D eigenvalue weighted by Gasteiger charge is 2.43. The number of benzene rings is 3. The predicted molar refractivity (Wildman–Crippen MR) is 295 cm³/mol. The van der Waals surface area contributed by atoms with Crippen LogP contribution in [0.3, 0.4) is 0 Å². The second kappa shape index (κ2) is 25.6. The van der Waals surface area contributed by atoms with Gasteiger partial charge in [0.15, 0.2) is 17.3 Å². The van der Waals surface area contributed by atoms with E-state index < -0.39 is 18.1 Å². The topological polar surface area (TPSA) is 187 Å². The summed E-state index contributed by atoms with van der Waals surface area (Å²) >= 11 is 1.60. The quantitative estimate of drug-likeness (QED) is 0.0431. The van der Waals surface area contributed by atoms with E-state index in [9.17, 15) is 24.3 Å². The number of H-pyrrole nitrogens is 1. The van der Waals surface area contributed by atoms with Crippen molar-refractivity contribution >= 4 is 34.5 Å². The molecule has 8 rings (SSSR count). The van der Waals surface area contributed by atoms with Gasteiger partial charge >= 0.3 is 0 Å². The molecule has 0 aliphatic carbocycles. The number of aromatic nitrogens is 3. The van der Waals surface area contributed by atoms with Gasteiger partial charge in [-0.2, -0.15) is 0 Å². The second-order valence-electron chi connectivity index (χ2n) is 20.6. The Bertz CT molecular complexity index is 2990. The fourth-order valence-electron chi connectivity index (χ4n) is 10.8. The lowest BCUT2D eigenvalue weighted by Crippen LogP contribution is -2.44. The maximum Gasteiger partial charge on any atom is 0.254 e. The van der Waals surface area contributed by atoms with Crippen LogP contribution >= 0.6 is 11.3 Å². The number of thiazole rings is 1. The number of hydrogen-bond donors (Lipinski definition) is 2. The lowest BCUT2D eigenvalue weighted by Gasteiger charge is -2.37. The van der Waals surface area contributed by atoms with E-state index in [1.807, 2.05) is 103 Å². The lowest BCUT2D eigenvalue weighted by molar-refractivity contribution is -0.140. The number of hydrogen-bond acceptors (Lipinski definition) is 14. The molecule has 2 N–H and O–H groups in total. The third-order valence-corrected chi connectivity index (χ3v) is 15.9. The van der Waals surface area contributed by atoms with E-state index in [1.165, 1.54) is 4.90 Å². The van der Waals surface area contributed by atoms with Gasteiger partial charge in [0.2, 0.25) is 5.91 Å². The zero-order valence-corrected chi connectivity index (χ0v) is 46.0. The molecule has 0 bridgehead atoms. The number of aryl methyl sites for hydroxylation is 3. The monoisotopic (exact) mass is 1060 g/mol. The van der Waals surface area contributed by atoms with Gasteiger partial charge in [-0.15, -0.1) is 11.3 Å². The predicted octanol–water partition coefficient (Wildman–Crippen LogP) is 10.1. The van der Waals surface area contributed by atoms with Crippen LogP contribution in [0, 0.1) is 33.6 Å². The van der Waals surface area contributed by atoms with Crippen LogP contribution < -0.4 is 19.9 Å². The molecule has 0 saturated carbocycles. The summed E-state index contributed by atoms with van der Waals surface area (Å²) in [6.07, 6.45) is 2.01. The molecular weight excluding hydrogens is 983 g/mol. The van der Waals surface area contributed by atoms with E-state index in [4.69, 9.17) is 23.5 Å². The van der Waals surface area contributed by atoms with Crippen LogP contribution in [0.25, 0.3) is 21.6 Å². The fraction of sp³-hybridized carbons (Fsp3) is 0.467. The number of nitrogens with one attached hydrogen (secondary N) is 1. The molecule has 76 heavy (non-hydrogen) atoms. The first-order valence-corrected chi connectivity index (χ1v) is 27.6. The number of carbonyl (C=O) groups is 3. The summed E-state index contributed by atoms with van der Waals surface area (Å²) in [6.45, 7) is 19.1. The minimum atomic E-state index is -0.810. The third kappa shape index (κ3) is 13.4. The Labute approximate surface area is 449 Å². The number of likely N-dealkylation sites (tertiary alicyclic amines) is 1. The van der Waals surface area contributed by atoms with Gasteiger partial charge in [0.05, 0.1) is 41.4 Å². The van der Waals surface area contributed by atoms with Gasteiger partial charge in [0, 0.05) is 80.2 Å². The third-order valence-electron chi connectivity index (χ3n) is 14.9. The molecule has 6 aromatic rings. The molecule has 0 spiro atoms. The summed E-state index contributed by atoms with van der Waals surface area (Å²) in [6, 6.07) is 23.3. The van der Waals surface area contributed by atoms with Crippen LogP contribution in [0.5, 0.6) is 11.6 Å². The fourth-order valence-corrected chi connectivity index (χ4v) is 11.6. The molecule has 15 nitrogen and oxygen atoms in total. The van der Waals surface area contributed by atoms with Crippen LogP contribution in [-0.2, 0) is 25.5 Å². The largest absolute Gasteiger partial charge is 0.491 e. The number of amides is 1. The van der Waals surface area contributed by atoms with Crippen molar-refractivity contribution in [2.24, 2.45) is 5.92 Å². The molecule has 404 valence electrons. The van der Waals surface area contributed by atoms with Gasteiger partial charge in [-0.25, -0.2) is 4.98 Å². The highest BCUT2D eigenvalue weighted by Crippen LogP contribution is 2.37. The maximum absolute atomic E-state index is 14.2. The summed E-state index contributed by atoms with van der Waals surface area (Å²) in [5, 5.41) is 14.8. The number of ether oxygens (including phenoxy) is 4. The molecule has 0 radical (unpaired) electrons. The van der Waals surface area contributed by atoms with Gasteiger partial charge < -0.3 is 43.4 Å². The number of Topliss-reactive ketones (excluding diaryl/α,β-unsaturated/α-hetero) is 2. The smallest absolute Gasteiger partial charge is 0.254 e. The molecular formula is C60H73N5O10S.